The highest BCUT2D eigenvalue weighted by atomic mass is 16.5. The van der Waals surface area contributed by atoms with Gasteiger partial charge in [-0.25, -0.2) is 4.98 Å². The maximum absolute atomic E-state index is 12.6. The molecule has 1 heterocycles. The second-order valence-corrected chi connectivity index (χ2v) is 6.70. The number of carbonyl (C=O) groups excluding carboxylic acids is 2. The molecule has 0 unspecified atom stereocenters. The number of rotatable bonds is 16. The Hall–Kier alpha value is -1.93. The molecular formula is C20H35N3O5. The second-order valence-electron chi connectivity index (χ2n) is 6.70. The van der Waals surface area contributed by atoms with Gasteiger partial charge in [-0.1, -0.05) is 39.0 Å². The van der Waals surface area contributed by atoms with Crippen LogP contribution >= 0.6 is 0 Å². The number of hydrogen-bond donors (Lipinski definition) is 1. The summed E-state index contributed by atoms with van der Waals surface area (Å²) >= 11 is 0. The molecule has 0 fully saturated rings. The lowest BCUT2D eigenvalue weighted by atomic mass is 10.1. The van der Waals surface area contributed by atoms with Crippen LogP contribution in [0.2, 0.25) is 0 Å². The van der Waals surface area contributed by atoms with Crippen molar-refractivity contribution in [2.45, 2.75) is 58.4 Å². The van der Waals surface area contributed by atoms with Gasteiger partial charge in [-0.3, -0.25) is 9.59 Å². The van der Waals surface area contributed by atoms with Gasteiger partial charge in [0, 0.05) is 33.7 Å². The number of methoxy groups -OCH3 is 2. The quantitative estimate of drug-likeness (QED) is 0.431. The highest BCUT2D eigenvalue weighted by Gasteiger charge is 2.18. The average molecular weight is 398 g/mol. The van der Waals surface area contributed by atoms with E-state index in [1.165, 1.54) is 31.9 Å². The molecule has 0 saturated heterocycles. The zero-order chi connectivity index (χ0) is 20.6. The number of amides is 2. The first-order valence-corrected chi connectivity index (χ1v) is 10.1. The van der Waals surface area contributed by atoms with Gasteiger partial charge in [0.1, 0.15) is 6.26 Å². The van der Waals surface area contributed by atoms with Gasteiger partial charge in [-0.2, -0.15) is 0 Å². The van der Waals surface area contributed by atoms with Crippen molar-refractivity contribution in [1.82, 2.24) is 15.2 Å². The summed E-state index contributed by atoms with van der Waals surface area (Å²) in [4.78, 5) is 30.4. The third-order valence-corrected chi connectivity index (χ3v) is 4.36. The van der Waals surface area contributed by atoms with Crippen LogP contribution in [0, 0.1) is 0 Å². The summed E-state index contributed by atoms with van der Waals surface area (Å²) in [5.41, 5.74) is 0.196. The number of hydrogen-bond acceptors (Lipinski definition) is 6. The first kappa shape index (κ1) is 24.1. The molecule has 0 atom stereocenters. The van der Waals surface area contributed by atoms with Gasteiger partial charge in [0.25, 0.3) is 5.91 Å². The van der Waals surface area contributed by atoms with E-state index in [1.54, 1.807) is 19.1 Å². The Morgan fingerprint density at radius 1 is 1.11 bits per heavy atom. The third-order valence-electron chi connectivity index (χ3n) is 4.36. The van der Waals surface area contributed by atoms with Crippen LogP contribution in [0.5, 0.6) is 0 Å². The Balaban J connectivity index is 2.51. The maximum Gasteiger partial charge on any atom is 0.273 e. The average Bonchev–Trinajstić information content (AvgIpc) is 3.16. The molecule has 160 valence electrons. The standard InChI is InChI=1S/C20H35N3O5/c1-4-5-6-7-8-9-10-19(24)23(12-14-27-3)15-18-22-17(16-28-18)20(25)21-11-13-26-2/h16H,4-15H2,1-3H3,(H,21,25). The Morgan fingerprint density at radius 3 is 2.54 bits per heavy atom. The molecule has 0 spiro atoms. The highest BCUT2D eigenvalue weighted by molar-refractivity contribution is 5.91. The van der Waals surface area contributed by atoms with Crippen molar-refractivity contribution >= 4 is 11.8 Å². The van der Waals surface area contributed by atoms with Gasteiger partial charge in [0.15, 0.2) is 5.69 Å². The molecule has 1 aromatic heterocycles. The van der Waals surface area contributed by atoms with Crippen LogP contribution in [0.4, 0.5) is 0 Å². The molecule has 2 amide bonds. The van der Waals surface area contributed by atoms with Crippen LogP contribution in [0.15, 0.2) is 10.7 Å². The van der Waals surface area contributed by atoms with Gasteiger partial charge in [-0.05, 0) is 6.42 Å². The summed E-state index contributed by atoms with van der Waals surface area (Å²) in [7, 11) is 3.17. The number of nitrogens with zero attached hydrogens (tertiary/aromatic N) is 2. The SMILES string of the molecule is CCCCCCCCC(=O)N(CCOC)Cc1nc(C(=O)NCCOC)co1. The van der Waals surface area contributed by atoms with E-state index in [9.17, 15) is 9.59 Å². The highest BCUT2D eigenvalue weighted by Crippen LogP contribution is 2.11. The van der Waals surface area contributed by atoms with Gasteiger partial charge < -0.3 is 24.1 Å². The van der Waals surface area contributed by atoms with Crippen molar-refractivity contribution < 1.29 is 23.5 Å². The van der Waals surface area contributed by atoms with E-state index >= 15 is 0 Å². The Morgan fingerprint density at radius 2 is 1.82 bits per heavy atom. The van der Waals surface area contributed by atoms with Crippen LogP contribution < -0.4 is 5.32 Å². The molecule has 8 heteroatoms. The smallest absolute Gasteiger partial charge is 0.273 e. The predicted octanol–water partition coefficient (Wildman–Crippen LogP) is 2.78. The molecule has 0 aliphatic heterocycles. The van der Waals surface area contributed by atoms with E-state index in [0.717, 1.165) is 12.8 Å². The van der Waals surface area contributed by atoms with E-state index in [-0.39, 0.29) is 24.1 Å². The van der Waals surface area contributed by atoms with Crippen LogP contribution in [0.3, 0.4) is 0 Å². The van der Waals surface area contributed by atoms with Crippen molar-refractivity contribution in [3.63, 3.8) is 0 Å². The fourth-order valence-corrected chi connectivity index (χ4v) is 2.72. The van der Waals surface area contributed by atoms with E-state index in [4.69, 9.17) is 13.9 Å². The zero-order valence-corrected chi connectivity index (χ0v) is 17.5. The van der Waals surface area contributed by atoms with Crippen LogP contribution in [0.25, 0.3) is 0 Å². The Labute approximate surface area is 168 Å². The Kier molecular flexibility index (Phi) is 13.0. The molecule has 0 aliphatic rings. The molecule has 1 N–H and O–H groups in total. The van der Waals surface area contributed by atoms with Crippen LogP contribution in [-0.4, -0.2) is 62.2 Å². The summed E-state index contributed by atoms with van der Waals surface area (Å²) in [6.07, 6.45) is 8.61. The van der Waals surface area contributed by atoms with E-state index in [2.05, 4.69) is 17.2 Å². The van der Waals surface area contributed by atoms with Crippen molar-refractivity contribution in [2.24, 2.45) is 0 Å². The summed E-state index contributed by atoms with van der Waals surface area (Å²) in [5, 5.41) is 2.69. The van der Waals surface area contributed by atoms with Crippen LogP contribution in [0.1, 0.15) is 68.2 Å². The van der Waals surface area contributed by atoms with Crippen molar-refractivity contribution in [3.8, 4) is 0 Å². The van der Waals surface area contributed by atoms with Gasteiger partial charge in [0.2, 0.25) is 11.8 Å². The monoisotopic (exact) mass is 397 g/mol. The number of nitrogens with one attached hydrogen (secondary N) is 1. The molecule has 0 aromatic carbocycles. The maximum atomic E-state index is 12.6. The molecular weight excluding hydrogens is 362 g/mol. The number of unbranched alkanes of at least 4 members (excludes halogenated alkanes) is 5. The topological polar surface area (TPSA) is 93.9 Å². The minimum absolute atomic E-state index is 0.0526. The predicted molar refractivity (Wildman–Crippen MR) is 106 cm³/mol. The molecule has 0 radical (unpaired) electrons. The fourth-order valence-electron chi connectivity index (χ4n) is 2.72. The lowest BCUT2D eigenvalue weighted by Crippen LogP contribution is -2.33. The molecule has 0 saturated carbocycles. The van der Waals surface area contributed by atoms with Crippen molar-refractivity contribution in [2.75, 3.05) is 40.5 Å². The van der Waals surface area contributed by atoms with E-state index in [0.29, 0.717) is 38.6 Å². The molecule has 28 heavy (non-hydrogen) atoms. The lowest BCUT2D eigenvalue weighted by molar-refractivity contribution is -0.132. The normalized spacial score (nSPS) is 10.8. The minimum atomic E-state index is -0.325. The summed E-state index contributed by atoms with van der Waals surface area (Å²) in [6, 6.07) is 0. The van der Waals surface area contributed by atoms with Crippen LogP contribution in [-0.2, 0) is 20.8 Å². The zero-order valence-electron chi connectivity index (χ0n) is 17.5. The summed E-state index contributed by atoms with van der Waals surface area (Å²) < 4.78 is 15.4. The molecule has 0 aliphatic carbocycles. The third kappa shape index (κ3) is 9.85. The minimum Gasteiger partial charge on any atom is -0.446 e. The first-order valence-electron chi connectivity index (χ1n) is 10.1. The largest absolute Gasteiger partial charge is 0.446 e. The molecule has 0 bridgehead atoms. The summed E-state index contributed by atoms with van der Waals surface area (Å²) in [5.74, 6) is 0.0648. The van der Waals surface area contributed by atoms with E-state index < -0.39 is 0 Å². The number of carbonyl (C=O) groups is 2. The molecule has 8 nitrogen and oxygen atoms in total. The first-order chi connectivity index (χ1) is 13.6. The van der Waals surface area contributed by atoms with E-state index in [1.807, 2.05) is 0 Å². The van der Waals surface area contributed by atoms with Gasteiger partial charge in [0.05, 0.1) is 19.8 Å². The van der Waals surface area contributed by atoms with Crippen molar-refractivity contribution in [3.05, 3.63) is 17.8 Å². The summed E-state index contributed by atoms with van der Waals surface area (Å²) in [6.45, 7) is 4.14. The van der Waals surface area contributed by atoms with Gasteiger partial charge >= 0.3 is 0 Å². The second kappa shape index (κ2) is 15.0. The number of oxazole rings is 1. The number of ether oxygens (including phenoxy) is 2. The number of aromatic nitrogens is 1. The Bertz CT molecular complexity index is 562. The lowest BCUT2D eigenvalue weighted by Gasteiger charge is -2.20. The van der Waals surface area contributed by atoms with Gasteiger partial charge in [-0.15, -0.1) is 0 Å². The fraction of sp³-hybridized carbons (Fsp3) is 0.750. The molecule has 1 rings (SSSR count). The molecule has 1 aromatic rings. The van der Waals surface area contributed by atoms with Crippen molar-refractivity contribution in [1.29, 1.82) is 0 Å².